The van der Waals surface area contributed by atoms with E-state index >= 15 is 0 Å². The third-order valence-corrected chi connectivity index (χ3v) is 3.33. The van der Waals surface area contributed by atoms with Crippen LogP contribution in [0.25, 0.3) is 0 Å². The molecule has 70 valence electrons. The summed E-state index contributed by atoms with van der Waals surface area (Å²) in [5.41, 5.74) is 0.0497. The minimum atomic E-state index is -0.0191. The normalized spacial score (nSPS) is 9.29. The van der Waals surface area contributed by atoms with Crippen LogP contribution in [-0.2, 0) is 0 Å². The van der Waals surface area contributed by atoms with Gasteiger partial charge >= 0.3 is 0 Å². The Balaban J connectivity index is 3.78. The summed E-state index contributed by atoms with van der Waals surface area (Å²) in [6.45, 7) is 0. The molecule has 1 aromatic rings. The molecular weight excluding hydrogens is 263 g/mol. The van der Waals surface area contributed by atoms with Crippen molar-refractivity contribution in [2.24, 2.45) is 0 Å². The molecular formula is C8HCl3N2S. The van der Waals surface area contributed by atoms with Gasteiger partial charge in [-0.1, -0.05) is 34.8 Å². The Morgan fingerprint density at radius 3 is 1.79 bits per heavy atom. The molecule has 0 fully saturated rings. The molecule has 0 aliphatic heterocycles. The SMILES string of the molecule is N#Cc1c(S)c(Cl)c(Cl)c(C#N)c1Cl. The first-order valence-electron chi connectivity index (χ1n) is 3.24. The molecule has 1 rings (SSSR count). The van der Waals surface area contributed by atoms with E-state index in [2.05, 4.69) is 12.6 Å². The van der Waals surface area contributed by atoms with Crippen LogP contribution in [0.15, 0.2) is 4.90 Å². The number of hydrogen-bond acceptors (Lipinski definition) is 3. The quantitative estimate of drug-likeness (QED) is 0.573. The average Bonchev–Trinajstić information content (AvgIpc) is 2.16. The van der Waals surface area contributed by atoms with Gasteiger partial charge in [0.05, 0.1) is 26.2 Å². The molecule has 14 heavy (non-hydrogen) atoms. The van der Waals surface area contributed by atoms with Gasteiger partial charge < -0.3 is 0 Å². The predicted molar refractivity (Wildman–Crippen MR) is 58.2 cm³/mol. The Bertz CT molecular complexity index is 444. The smallest absolute Gasteiger partial charge is 0.102 e. The summed E-state index contributed by atoms with van der Waals surface area (Å²) in [5, 5.41) is 17.5. The number of benzene rings is 1. The van der Waals surface area contributed by atoms with Gasteiger partial charge in [0.15, 0.2) is 0 Å². The van der Waals surface area contributed by atoms with Gasteiger partial charge in [0.1, 0.15) is 12.1 Å². The number of thiol groups is 1. The molecule has 0 N–H and O–H groups in total. The second kappa shape index (κ2) is 4.29. The highest BCUT2D eigenvalue weighted by molar-refractivity contribution is 7.80. The van der Waals surface area contributed by atoms with E-state index < -0.39 is 0 Å². The fourth-order valence-corrected chi connectivity index (χ4v) is 2.00. The van der Waals surface area contributed by atoms with Crippen molar-refractivity contribution in [3.05, 3.63) is 26.2 Å². The summed E-state index contributed by atoms with van der Waals surface area (Å²) < 4.78 is 0. The Morgan fingerprint density at radius 2 is 1.36 bits per heavy atom. The molecule has 0 heterocycles. The molecule has 0 aliphatic rings. The highest BCUT2D eigenvalue weighted by Crippen LogP contribution is 2.39. The molecule has 0 atom stereocenters. The predicted octanol–water partition coefficient (Wildman–Crippen LogP) is 3.68. The molecule has 2 nitrogen and oxygen atoms in total. The van der Waals surface area contributed by atoms with E-state index in [1.54, 1.807) is 12.1 Å². The summed E-state index contributed by atoms with van der Waals surface area (Å²) in [5.74, 6) is 0. The summed E-state index contributed by atoms with van der Waals surface area (Å²) in [4.78, 5) is 0.183. The maximum atomic E-state index is 8.74. The molecule has 0 amide bonds. The Hall–Kier alpha value is -0.580. The molecule has 0 aromatic heterocycles. The van der Waals surface area contributed by atoms with Crippen LogP contribution in [0.4, 0.5) is 0 Å². The molecule has 6 heteroatoms. The zero-order valence-electron chi connectivity index (χ0n) is 6.48. The van der Waals surface area contributed by atoms with E-state index in [4.69, 9.17) is 45.3 Å². The minimum absolute atomic E-state index is 0.00677. The van der Waals surface area contributed by atoms with Crippen molar-refractivity contribution in [2.75, 3.05) is 0 Å². The van der Waals surface area contributed by atoms with Crippen LogP contribution >= 0.6 is 47.4 Å². The number of rotatable bonds is 0. The zero-order chi connectivity index (χ0) is 10.9. The number of nitrogens with zero attached hydrogens (tertiary/aromatic N) is 2. The number of halogens is 3. The van der Waals surface area contributed by atoms with Gasteiger partial charge in [-0.15, -0.1) is 12.6 Å². The van der Waals surface area contributed by atoms with Gasteiger partial charge in [-0.05, 0) is 0 Å². The van der Waals surface area contributed by atoms with Gasteiger partial charge in [0, 0.05) is 4.90 Å². The van der Waals surface area contributed by atoms with Crippen LogP contribution in [0, 0.1) is 22.7 Å². The fraction of sp³-hybridized carbons (Fsp3) is 0. The van der Waals surface area contributed by atoms with Crippen LogP contribution < -0.4 is 0 Å². The molecule has 0 aliphatic carbocycles. The van der Waals surface area contributed by atoms with Crippen LogP contribution in [0.3, 0.4) is 0 Å². The first-order chi connectivity index (χ1) is 6.54. The average molecular weight is 264 g/mol. The molecule has 0 saturated carbocycles. The minimum Gasteiger partial charge on any atom is -0.192 e. The summed E-state index contributed by atoms with van der Waals surface area (Å²) in [6.07, 6.45) is 0. The van der Waals surface area contributed by atoms with E-state index in [-0.39, 0.29) is 31.1 Å². The largest absolute Gasteiger partial charge is 0.192 e. The monoisotopic (exact) mass is 262 g/mol. The zero-order valence-corrected chi connectivity index (χ0v) is 9.64. The topological polar surface area (TPSA) is 47.6 Å². The number of nitriles is 2. The van der Waals surface area contributed by atoms with Gasteiger partial charge in [-0.2, -0.15) is 10.5 Å². The highest BCUT2D eigenvalue weighted by atomic mass is 35.5. The maximum absolute atomic E-state index is 8.74. The van der Waals surface area contributed by atoms with Gasteiger partial charge in [-0.3, -0.25) is 0 Å². The molecule has 0 saturated heterocycles. The van der Waals surface area contributed by atoms with E-state index in [1.165, 1.54) is 0 Å². The molecule has 0 radical (unpaired) electrons. The number of hydrogen-bond donors (Lipinski definition) is 1. The summed E-state index contributed by atoms with van der Waals surface area (Å²) in [6, 6.07) is 3.58. The molecule has 0 unspecified atom stereocenters. The van der Waals surface area contributed by atoms with Crippen molar-refractivity contribution in [3.63, 3.8) is 0 Å². The molecule has 0 spiro atoms. The Labute approximate surface area is 101 Å². The summed E-state index contributed by atoms with van der Waals surface area (Å²) in [7, 11) is 0. The van der Waals surface area contributed by atoms with E-state index in [9.17, 15) is 0 Å². The van der Waals surface area contributed by atoms with Crippen molar-refractivity contribution >= 4 is 47.4 Å². The van der Waals surface area contributed by atoms with E-state index in [0.717, 1.165) is 0 Å². The van der Waals surface area contributed by atoms with E-state index in [0.29, 0.717) is 0 Å². The lowest BCUT2D eigenvalue weighted by Gasteiger charge is -2.06. The van der Waals surface area contributed by atoms with Crippen molar-refractivity contribution < 1.29 is 0 Å². The van der Waals surface area contributed by atoms with Crippen LogP contribution in [0.5, 0.6) is 0 Å². The first kappa shape index (κ1) is 11.5. The Kier molecular flexibility index (Phi) is 3.53. The molecule has 0 bridgehead atoms. The first-order valence-corrected chi connectivity index (χ1v) is 4.82. The van der Waals surface area contributed by atoms with E-state index in [1.807, 2.05) is 0 Å². The summed E-state index contributed by atoms with van der Waals surface area (Å²) >= 11 is 21.2. The second-order valence-corrected chi connectivity index (χ2v) is 3.85. The van der Waals surface area contributed by atoms with Crippen molar-refractivity contribution in [3.8, 4) is 12.1 Å². The lowest BCUT2D eigenvalue weighted by atomic mass is 10.1. The van der Waals surface area contributed by atoms with Crippen molar-refractivity contribution in [1.29, 1.82) is 10.5 Å². The van der Waals surface area contributed by atoms with Gasteiger partial charge in [-0.25, -0.2) is 0 Å². The van der Waals surface area contributed by atoms with Crippen LogP contribution in [0.2, 0.25) is 15.1 Å². The third-order valence-electron chi connectivity index (χ3n) is 1.52. The Morgan fingerprint density at radius 1 is 0.857 bits per heavy atom. The van der Waals surface area contributed by atoms with Crippen LogP contribution in [0.1, 0.15) is 11.1 Å². The lowest BCUT2D eigenvalue weighted by molar-refractivity contribution is 1.35. The fourth-order valence-electron chi connectivity index (χ4n) is 0.849. The third kappa shape index (κ3) is 1.65. The molecule has 1 aromatic carbocycles. The van der Waals surface area contributed by atoms with Gasteiger partial charge in [0.25, 0.3) is 0 Å². The van der Waals surface area contributed by atoms with Crippen molar-refractivity contribution in [2.45, 2.75) is 4.90 Å². The highest BCUT2D eigenvalue weighted by Gasteiger charge is 2.18. The van der Waals surface area contributed by atoms with Crippen molar-refractivity contribution in [1.82, 2.24) is 0 Å². The van der Waals surface area contributed by atoms with Gasteiger partial charge in [0.2, 0.25) is 0 Å². The second-order valence-electron chi connectivity index (χ2n) is 2.26. The standard InChI is InChI=1S/C8HCl3N2S/c9-5-3(1-12)6(10)7(11)8(14)4(5)2-13/h14H. The maximum Gasteiger partial charge on any atom is 0.102 e. The lowest BCUT2D eigenvalue weighted by Crippen LogP contribution is -1.89. The van der Waals surface area contributed by atoms with Crippen LogP contribution in [-0.4, -0.2) is 0 Å².